The molecule has 0 radical (unpaired) electrons. The summed E-state index contributed by atoms with van der Waals surface area (Å²) in [7, 11) is 0. The highest BCUT2D eigenvalue weighted by atomic mass is 32.1. The van der Waals surface area contributed by atoms with Crippen molar-refractivity contribution >= 4 is 29.1 Å². The molecule has 27 heavy (non-hydrogen) atoms. The highest BCUT2D eigenvalue weighted by Crippen LogP contribution is 2.11. The number of amides is 3. The van der Waals surface area contributed by atoms with Crippen molar-refractivity contribution in [3.05, 3.63) is 51.5 Å². The lowest BCUT2D eigenvalue weighted by Gasteiger charge is -2.26. The van der Waals surface area contributed by atoms with Gasteiger partial charge in [-0.2, -0.15) is 0 Å². The molecule has 0 bridgehead atoms. The monoisotopic (exact) mass is 387 g/mol. The van der Waals surface area contributed by atoms with Crippen LogP contribution < -0.4 is 16.4 Å². The van der Waals surface area contributed by atoms with Crippen molar-refractivity contribution in [1.29, 1.82) is 0 Å². The Bertz CT molecular complexity index is 834. The summed E-state index contributed by atoms with van der Waals surface area (Å²) in [6.45, 7) is 1.89. The van der Waals surface area contributed by atoms with Gasteiger partial charge in [-0.3, -0.25) is 14.4 Å². The van der Waals surface area contributed by atoms with Crippen molar-refractivity contribution in [2.75, 3.05) is 26.2 Å². The van der Waals surface area contributed by atoms with Crippen LogP contribution in [0, 0.1) is 0 Å². The molecule has 0 saturated carbocycles. The second-order valence-electron chi connectivity index (χ2n) is 6.12. The van der Waals surface area contributed by atoms with Crippen LogP contribution in [-0.2, 0) is 17.8 Å². The standard InChI is InChI=1S/C18H21N5O3S/c19-6-5-16-22-14(11-27-16)17(25)21-9-12-1-3-13(4-2-12)18(26)23-8-7-20-15(24)10-23/h1-4,11H,5-10,19H2,(H,20,24)(H,21,25). The van der Waals surface area contributed by atoms with Gasteiger partial charge in [0.2, 0.25) is 5.91 Å². The van der Waals surface area contributed by atoms with Crippen LogP contribution in [0.4, 0.5) is 0 Å². The molecular formula is C18H21N5O3S. The summed E-state index contributed by atoms with van der Waals surface area (Å²) in [5.41, 5.74) is 7.26. The SMILES string of the molecule is NCCc1nc(C(=O)NCc2ccc(C(=O)N3CCNC(=O)C3)cc2)cs1. The zero-order valence-corrected chi connectivity index (χ0v) is 15.6. The first-order valence-corrected chi connectivity index (χ1v) is 9.52. The average Bonchev–Trinajstić information content (AvgIpc) is 3.15. The molecule has 0 unspecified atom stereocenters. The quantitative estimate of drug-likeness (QED) is 0.652. The Labute approximate surface area is 160 Å². The minimum atomic E-state index is -0.242. The fourth-order valence-corrected chi connectivity index (χ4v) is 3.48. The predicted octanol–water partition coefficient (Wildman–Crippen LogP) is 0.146. The van der Waals surface area contributed by atoms with Crippen LogP contribution in [0.15, 0.2) is 29.6 Å². The molecule has 0 atom stereocenters. The molecule has 1 aromatic carbocycles. The predicted molar refractivity (Wildman–Crippen MR) is 101 cm³/mol. The van der Waals surface area contributed by atoms with E-state index in [1.54, 1.807) is 29.6 Å². The van der Waals surface area contributed by atoms with E-state index in [0.29, 0.717) is 43.9 Å². The van der Waals surface area contributed by atoms with Crippen molar-refractivity contribution in [2.45, 2.75) is 13.0 Å². The van der Waals surface area contributed by atoms with Crippen LogP contribution in [0.25, 0.3) is 0 Å². The normalized spacial score (nSPS) is 14.0. The van der Waals surface area contributed by atoms with Crippen LogP contribution in [0.5, 0.6) is 0 Å². The molecule has 3 rings (SSSR count). The van der Waals surface area contributed by atoms with Gasteiger partial charge in [0.15, 0.2) is 0 Å². The molecule has 1 aliphatic heterocycles. The summed E-state index contributed by atoms with van der Waals surface area (Å²) in [4.78, 5) is 41.8. The van der Waals surface area contributed by atoms with Gasteiger partial charge in [-0.25, -0.2) is 4.98 Å². The Balaban J connectivity index is 1.54. The maximum absolute atomic E-state index is 12.4. The van der Waals surface area contributed by atoms with Crippen molar-refractivity contribution in [3.63, 3.8) is 0 Å². The number of aromatic nitrogens is 1. The molecule has 8 nitrogen and oxygen atoms in total. The van der Waals surface area contributed by atoms with E-state index in [9.17, 15) is 14.4 Å². The smallest absolute Gasteiger partial charge is 0.271 e. The second kappa shape index (κ2) is 8.74. The van der Waals surface area contributed by atoms with Crippen molar-refractivity contribution in [3.8, 4) is 0 Å². The van der Waals surface area contributed by atoms with Crippen molar-refractivity contribution in [2.24, 2.45) is 5.73 Å². The summed E-state index contributed by atoms with van der Waals surface area (Å²) in [5.74, 6) is -0.560. The van der Waals surface area contributed by atoms with Gasteiger partial charge in [-0.05, 0) is 24.2 Å². The van der Waals surface area contributed by atoms with E-state index >= 15 is 0 Å². The minimum absolute atomic E-state index is 0.0798. The minimum Gasteiger partial charge on any atom is -0.353 e. The Morgan fingerprint density at radius 2 is 2.07 bits per heavy atom. The van der Waals surface area contributed by atoms with Gasteiger partial charge >= 0.3 is 0 Å². The zero-order valence-electron chi connectivity index (χ0n) is 14.7. The molecule has 3 amide bonds. The van der Waals surface area contributed by atoms with E-state index < -0.39 is 0 Å². The number of nitrogens with zero attached hydrogens (tertiary/aromatic N) is 2. The third-order valence-electron chi connectivity index (χ3n) is 4.12. The Kier molecular flexibility index (Phi) is 6.15. The largest absolute Gasteiger partial charge is 0.353 e. The molecule has 0 spiro atoms. The highest BCUT2D eigenvalue weighted by molar-refractivity contribution is 7.09. The van der Waals surface area contributed by atoms with Gasteiger partial charge < -0.3 is 21.3 Å². The molecule has 0 aliphatic carbocycles. The molecule has 1 saturated heterocycles. The van der Waals surface area contributed by atoms with Crippen LogP contribution in [-0.4, -0.2) is 53.8 Å². The fourth-order valence-electron chi connectivity index (χ4n) is 2.69. The van der Waals surface area contributed by atoms with Gasteiger partial charge in [0.05, 0.1) is 11.6 Å². The fraction of sp³-hybridized carbons (Fsp3) is 0.333. The van der Waals surface area contributed by atoms with E-state index in [0.717, 1.165) is 10.6 Å². The summed E-state index contributed by atoms with van der Waals surface area (Å²) in [6.07, 6.45) is 0.659. The number of thiazole rings is 1. The Morgan fingerprint density at radius 3 is 2.78 bits per heavy atom. The number of piperazine rings is 1. The number of nitrogens with one attached hydrogen (secondary N) is 2. The lowest BCUT2D eigenvalue weighted by Crippen LogP contribution is -2.49. The maximum Gasteiger partial charge on any atom is 0.271 e. The first-order valence-electron chi connectivity index (χ1n) is 8.64. The van der Waals surface area contributed by atoms with Crippen molar-refractivity contribution < 1.29 is 14.4 Å². The van der Waals surface area contributed by atoms with Gasteiger partial charge in [-0.1, -0.05) is 12.1 Å². The highest BCUT2D eigenvalue weighted by Gasteiger charge is 2.22. The number of hydrogen-bond donors (Lipinski definition) is 3. The van der Waals surface area contributed by atoms with Crippen LogP contribution in [0.3, 0.4) is 0 Å². The third kappa shape index (κ3) is 4.89. The molecule has 2 heterocycles. The number of carbonyl (C=O) groups excluding carboxylic acids is 3. The lowest BCUT2D eigenvalue weighted by molar-refractivity contribution is -0.123. The van der Waals surface area contributed by atoms with Crippen molar-refractivity contribution in [1.82, 2.24) is 20.5 Å². The summed E-state index contributed by atoms with van der Waals surface area (Å²) in [6, 6.07) is 6.99. The molecular weight excluding hydrogens is 366 g/mol. The zero-order chi connectivity index (χ0) is 19.2. The Hall–Kier alpha value is -2.78. The maximum atomic E-state index is 12.4. The molecule has 1 aromatic heterocycles. The third-order valence-corrected chi connectivity index (χ3v) is 5.03. The molecule has 1 fully saturated rings. The first-order chi connectivity index (χ1) is 13.1. The number of benzene rings is 1. The van der Waals surface area contributed by atoms with Gasteiger partial charge in [0.1, 0.15) is 5.69 Å². The molecule has 1 aliphatic rings. The van der Waals surface area contributed by atoms with Gasteiger partial charge in [-0.15, -0.1) is 11.3 Å². The molecule has 4 N–H and O–H groups in total. The molecule has 9 heteroatoms. The lowest BCUT2D eigenvalue weighted by atomic mass is 10.1. The first kappa shape index (κ1) is 19.0. The van der Waals surface area contributed by atoms with E-state index in [2.05, 4.69) is 15.6 Å². The summed E-state index contributed by atoms with van der Waals surface area (Å²) in [5, 5.41) is 8.07. The van der Waals surface area contributed by atoms with E-state index in [-0.39, 0.29) is 24.3 Å². The van der Waals surface area contributed by atoms with Crippen LogP contribution in [0.2, 0.25) is 0 Å². The van der Waals surface area contributed by atoms with E-state index in [1.807, 2.05) is 0 Å². The van der Waals surface area contributed by atoms with Crippen LogP contribution >= 0.6 is 11.3 Å². The average molecular weight is 387 g/mol. The number of nitrogens with two attached hydrogens (primary N) is 1. The van der Waals surface area contributed by atoms with Gasteiger partial charge in [0.25, 0.3) is 11.8 Å². The van der Waals surface area contributed by atoms with E-state index in [4.69, 9.17) is 5.73 Å². The number of hydrogen-bond acceptors (Lipinski definition) is 6. The second-order valence-corrected chi connectivity index (χ2v) is 7.06. The van der Waals surface area contributed by atoms with Gasteiger partial charge in [0, 0.05) is 37.0 Å². The molecule has 2 aromatic rings. The summed E-state index contributed by atoms with van der Waals surface area (Å²) >= 11 is 1.42. The van der Waals surface area contributed by atoms with E-state index in [1.165, 1.54) is 16.2 Å². The molecule has 142 valence electrons. The summed E-state index contributed by atoms with van der Waals surface area (Å²) < 4.78 is 0. The number of rotatable bonds is 6. The van der Waals surface area contributed by atoms with Crippen LogP contribution in [0.1, 0.15) is 31.4 Å². The topological polar surface area (TPSA) is 117 Å². The number of carbonyl (C=O) groups is 3. The Morgan fingerprint density at radius 1 is 1.30 bits per heavy atom.